The molecule has 1 N–H and O–H groups in total. The van der Waals surface area contributed by atoms with Gasteiger partial charge in [0, 0.05) is 47.6 Å². The van der Waals surface area contributed by atoms with E-state index in [1.54, 1.807) is 23.5 Å². The number of hydrogen-bond donors (Lipinski definition) is 1. The Morgan fingerprint density at radius 1 is 1.00 bits per heavy atom. The third-order valence-corrected chi connectivity index (χ3v) is 14.6. The van der Waals surface area contributed by atoms with E-state index in [-0.39, 0.29) is 18.0 Å². The van der Waals surface area contributed by atoms with E-state index in [1.807, 2.05) is 18.2 Å². The first kappa shape index (κ1) is 28.9. The van der Waals surface area contributed by atoms with Crippen molar-refractivity contribution in [3.8, 4) is 17.0 Å². The van der Waals surface area contributed by atoms with Gasteiger partial charge in [0.2, 0.25) is 20.0 Å². The highest BCUT2D eigenvalue weighted by atomic mass is 32.2. The summed E-state index contributed by atoms with van der Waals surface area (Å²) in [5.41, 5.74) is 5.27. The molecule has 2 saturated carbocycles. The van der Waals surface area contributed by atoms with Crippen LogP contribution >= 0.6 is 0 Å². The van der Waals surface area contributed by atoms with Gasteiger partial charge in [0.25, 0.3) is 5.91 Å². The molecule has 1 amide bonds. The molecule has 2 aromatic carbocycles. The number of sulfonamides is 2. The van der Waals surface area contributed by atoms with E-state index in [4.69, 9.17) is 4.74 Å². The summed E-state index contributed by atoms with van der Waals surface area (Å²) in [6, 6.07) is 11.4. The van der Waals surface area contributed by atoms with Crippen LogP contribution in [0.2, 0.25) is 0 Å². The molecule has 43 heavy (non-hydrogen) atoms. The van der Waals surface area contributed by atoms with Gasteiger partial charge in [-0.3, -0.25) is 4.79 Å². The molecule has 2 unspecified atom stereocenters. The monoisotopic (exact) mass is 625 g/mol. The lowest BCUT2D eigenvalue weighted by atomic mass is 9.81. The molecular weight excluding hydrogens is 587 g/mol. The first-order chi connectivity index (χ1) is 20.5. The van der Waals surface area contributed by atoms with Crippen molar-refractivity contribution in [2.45, 2.75) is 87.2 Å². The van der Waals surface area contributed by atoms with Crippen LogP contribution in [0.1, 0.15) is 92.1 Å². The molecule has 3 aromatic rings. The van der Waals surface area contributed by atoms with Crippen LogP contribution in [0.15, 0.2) is 36.4 Å². The number of fused-ring (bicyclic) bond motifs is 7. The molecule has 0 radical (unpaired) electrons. The Bertz CT molecular complexity index is 1850. The molecule has 2 aliphatic carbocycles. The number of nitrogens with one attached hydrogen (secondary N) is 1. The quantitative estimate of drug-likeness (QED) is 0.391. The fraction of sp³-hybridized carbons (Fsp3) is 0.531. The van der Waals surface area contributed by atoms with Crippen molar-refractivity contribution in [1.82, 2.24) is 13.6 Å². The largest absolute Gasteiger partial charge is 0.497 e. The van der Waals surface area contributed by atoms with Crippen LogP contribution in [0.4, 0.5) is 0 Å². The van der Waals surface area contributed by atoms with E-state index in [9.17, 15) is 21.6 Å². The molecule has 3 fully saturated rings. The standard InChI is InChI=1S/C32H39N3O6S2/c1-20(2)42(37,38)33-31(36)22-10-12-25-28(16-22)35-19-32(43(39,40)34-14-7-15-34)18-27(32)26-17-23(41-3)11-13-24(26)30(35)29(25)21-8-5-4-6-9-21/h10-13,16-17,20-21,27H,4-9,14-15,18-19H2,1-3H3,(H,33,36). The second kappa shape index (κ2) is 10.1. The number of ether oxygens (including phenoxy) is 1. The van der Waals surface area contributed by atoms with Gasteiger partial charge in [0.1, 0.15) is 10.5 Å². The summed E-state index contributed by atoms with van der Waals surface area (Å²) >= 11 is 0. The molecule has 0 bridgehead atoms. The summed E-state index contributed by atoms with van der Waals surface area (Å²) in [7, 11) is -5.80. The minimum Gasteiger partial charge on any atom is -0.497 e. The van der Waals surface area contributed by atoms with Crippen molar-refractivity contribution >= 4 is 36.9 Å². The highest BCUT2D eigenvalue weighted by Gasteiger charge is 2.68. The predicted molar refractivity (Wildman–Crippen MR) is 166 cm³/mol. The van der Waals surface area contributed by atoms with Gasteiger partial charge in [0.15, 0.2) is 0 Å². The first-order valence-electron chi connectivity index (χ1n) is 15.4. The minimum absolute atomic E-state index is 0.167. The lowest BCUT2D eigenvalue weighted by Crippen LogP contribution is -2.49. The molecule has 1 saturated heterocycles. The van der Waals surface area contributed by atoms with Crippen LogP contribution in [-0.2, 0) is 26.6 Å². The number of aromatic nitrogens is 1. The number of amides is 1. The normalized spacial score (nSPS) is 24.0. The van der Waals surface area contributed by atoms with Crippen LogP contribution in [-0.4, -0.2) is 61.8 Å². The van der Waals surface area contributed by atoms with Gasteiger partial charge in [0.05, 0.1) is 18.1 Å². The molecule has 11 heteroatoms. The molecule has 1 aromatic heterocycles. The van der Waals surface area contributed by atoms with Crippen molar-refractivity contribution in [1.29, 1.82) is 0 Å². The number of hydrogen-bond acceptors (Lipinski definition) is 6. The van der Waals surface area contributed by atoms with E-state index in [2.05, 4.69) is 15.4 Å². The summed E-state index contributed by atoms with van der Waals surface area (Å²) in [6.45, 7) is 4.42. The van der Waals surface area contributed by atoms with Crippen LogP contribution < -0.4 is 9.46 Å². The molecule has 7 rings (SSSR count). The molecule has 2 aliphatic heterocycles. The number of carbonyl (C=O) groups excluding carboxylic acids is 1. The summed E-state index contributed by atoms with van der Waals surface area (Å²) in [4.78, 5) is 13.2. The average Bonchev–Trinajstić information content (AvgIpc) is 3.63. The topological polar surface area (TPSA) is 115 Å². The second-order valence-electron chi connectivity index (χ2n) is 13.0. The summed E-state index contributed by atoms with van der Waals surface area (Å²) in [5, 5.41) is 0.247. The minimum atomic E-state index is -3.82. The van der Waals surface area contributed by atoms with Crippen molar-refractivity contribution < 1.29 is 26.4 Å². The summed E-state index contributed by atoms with van der Waals surface area (Å²) in [6.07, 6.45) is 6.96. The van der Waals surface area contributed by atoms with Gasteiger partial charge in [-0.2, -0.15) is 0 Å². The van der Waals surface area contributed by atoms with Gasteiger partial charge in [-0.1, -0.05) is 25.3 Å². The zero-order chi connectivity index (χ0) is 30.3. The third kappa shape index (κ3) is 4.36. The molecule has 0 spiro atoms. The van der Waals surface area contributed by atoms with Gasteiger partial charge in [-0.25, -0.2) is 25.9 Å². The van der Waals surface area contributed by atoms with Crippen LogP contribution in [0.5, 0.6) is 5.75 Å². The Hall–Kier alpha value is -2.89. The highest BCUT2D eigenvalue weighted by molar-refractivity contribution is 7.91. The molecule has 4 aliphatic rings. The molecule has 3 heterocycles. The maximum atomic E-state index is 14.2. The maximum absolute atomic E-state index is 14.2. The fourth-order valence-electron chi connectivity index (χ4n) is 7.53. The van der Waals surface area contributed by atoms with Crippen molar-refractivity contribution in [3.63, 3.8) is 0 Å². The predicted octanol–water partition coefficient (Wildman–Crippen LogP) is 5.11. The first-order valence-corrected chi connectivity index (χ1v) is 18.4. The maximum Gasteiger partial charge on any atom is 0.264 e. The SMILES string of the molecule is COc1ccc2c(c1)C1CC1(S(=O)(=O)N1CCC1)Cn1c-2c(C2CCCCC2)c2ccc(C(=O)NS(=O)(=O)C(C)C)cc21. The molecule has 230 valence electrons. The van der Waals surface area contributed by atoms with Crippen molar-refractivity contribution in [3.05, 3.63) is 53.1 Å². The van der Waals surface area contributed by atoms with Gasteiger partial charge in [-0.15, -0.1) is 0 Å². The molecule has 9 nitrogen and oxygen atoms in total. The van der Waals surface area contributed by atoms with Crippen molar-refractivity contribution in [2.24, 2.45) is 0 Å². The summed E-state index contributed by atoms with van der Waals surface area (Å²) in [5.74, 6) is 0.159. The number of nitrogens with zero attached hydrogens (tertiary/aromatic N) is 2. The van der Waals surface area contributed by atoms with Crippen LogP contribution in [0.3, 0.4) is 0 Å². The summed E-state index contributed by atoms with van der Waals surface area (Å²) < 4.78 is 64.2. The van der Waals surface area contributed by atoms with Crippen molar-refractivity contribution in [2.75, 3.05) is 20.2 Å². The Labute approximate surface area is 253 Å². The lowest BCUT2D eigenvalue weighted by Gasteiger charge is -2.34. The van der Waals surface area contributed by atoms with Crippen LogP contribution in [0.25, 0.3) is 22.2 Å². The molecular formula is C32H39N3O6S2. The van der Waals surface area contributed by atoms with Gasteiger partial charge < -0.3 is 9.30 Å². The van der Waals surface area contributed by atoms with Crippen LogP contribution in [0, 0.1) is 0 Å². The Balaban J connectivity index is 1.48. The Morgan fingerprint density at radius 3 is 2.40 bits per heavy atom. The van der Waals surface area contributed by atoms with Gasteiger partial charge >= 0.3 is 0 Å². The highest BCUT2D eigenvalue weighted by Crippen LogP contribution is 2.64. The van der Waals surface area contributed by atoms with E-state index in [1.165, 1.54) is 25.8 Å². The Kier molecular flexibility index (Phi) is 6.76. The zero-order valence-corrected chi connectivity index (χ0v) is 26.6. The zero-order valence-electron chi connectivity index (χ0n) is 24.9. The Morgan fingerprint density at radius 2 is 1.74 bits per heavy atom. The van der Waals surface area contributed by atoms with E-state index < -0.39 is 36.0 Å². The number of benzene rings is 2. The van der Waals surface area contributed by atoms with E-state index in [0.717, 1.165) is 59.8 Å². The number of methoxy groups -OCH3 is 1. The van der Waals surface area contributed by atoms with E-state index >= 15 is 0 Å². The number of carbonyl (C=O) groups is 1. The fourth-order valence-corrected chi connectivity index (χ4v) is 10.5. The second-order valence-corrected chi connectivity index (χ2v) is 17.5. The third-order valence-electron chi connectivity index (χ3n) is 10.2. The smallest absolute Gasteiger partial charge is 0.264 e. The van der Waals surface area contributed by atoms with Gasteiger partial charge in [-0.05, 0) is 86.9 Å². The molecule has 2 atom stereocenters. The lowest BCUT2D eigenvalue weighted by molar-refractivity contribution is 0.0981. The average molecular weight is 626 g/mol. The van der Waals surface area contributed by atoms with E-state index in [0.29, 0.717) is 31.2 Å². The number of rotatable bonds is 7.